The van der Waals surface area contributed by atoms with Gasteiger partial charge < -0.3 is 15.5 Å². The number of hydrogen-bond donors (Lipinski definition) is 1. The number of amides is 2. The van der Waals surface area contributed by atoms with Crippen LogP contribution in [0.15, 0.2) is 30.3 Å². The summed E-state index contributed by atoms with van der Waals surface area (Å²) < 4.78 is 0. The Hall–Kier alpha value is -1.88. The van der Waals surface area contributed by atoms with Crippen LogP contribution < -0.4 is 5.73 Å². The second-order valence-corrected chi connectivity index (χ2v) is 8.08. The van der Waals surface area contributed by atoms with Gasteiger partial charge >= 0.3 is 11.8 Å². The summed E-state index contributed by atoms with van der Waals surface area (Å²) in [5.74, 6) is -0.925. The lowest BCUT2D eigenvalue weighted by Gasteiger charge is -2.54. The molecule has 5 nitrogen and oxygen atoms in total. The van der Waals surface area contributed by atoms with E-state index < -0.39 is 22.9 Å². The van der Waals surface area contributed by atoms with Crippen molar-refractivity contribution in [2.75, 3.05) is 7.05 Å². The predicted octanol–water partition coefficient (Wildman–Crippen LogP) is 2.15. The first kappa shape index (κ1) is 18.5. The van der Waals surface area contributed by atoms with Crippen LogP contribution in [-0.2, 0) is 16.1 Å². The molecule has 1 aliphatic heterocycles. The second-order valence-electron chi connectivity index (χ2n) is 8.08. The smallest absolute Gasteiger partial charge is 0.312 e. The van der Waals surface area contributed by atoms with Crippen molar-refractivity contribution in [3.05, 3.63) is 35.9 Å². The van der Waals surface area contributed by atoms with Gasteiger partial charge in [0, 0.05) is 30.7 Å². The van der Waals surface area contributed by atoms with Crippen LogP contribution in [0.25, 0.3) is 0 Å². The zero-order valence-electron chi connectivity index (χ0n) is 15.4. The fraction of sp³-hybridized carbons (Fsp3) is 0.579. The highest BCUT2D eigenvalue weighted by Crippen LogP contribution is 2.38. The molecule has 2 amide bonds. The Labute approximate surface area is 144 Å². The molecule has 0 unspecified atom stereocenters. The fourth-order valence-corrected chi connectivity index (χ4v) is 4.10. The van der Waals surface area contributed by atoms with E-state index in [9.17, 15) is 9.59 Å². The summed E-state index contributed by atoms with van der Waals surface area (Å²) in [6, 6.07) is 9.71. The molecule has 2 rings (SSSR count). The highest BCUT2D eigenvalue weighted by molar-refractivity contribution is 6.35. The number of benzene rings is 1. The van der Waals surface area contributed by atoms with Gasteiger partial charge in [-0.15, -0.1) is 0 Å². The number of nitrogens with two attached hydrogens (primary N) is 1. The number of rotatable bonds is 2. The molecular weight excluding hydrogens is 302 g/mol. The quantitative estimate of drug-likeness (QED) is 0.845. The molecule has 1 fully saturated rings. The molecule has 24 heavy (non-hydrogen) atoms. The summed E-state index contributed by atoms with van der Waals surface area (Å²) in [6.45, 7) is 8.35. The number of likely N-dealkylation sites (N-methyl/N-ethyl adjacent to an activating group) is 1. The van der Waals surface area contributed by atoms with E-state index in [1.165, 1.54) is 4.90 Å². The minimum atomic E-state index is -0.476. The van der Waals surface area contributed by atoms with Gasteiger partial charge in [0.1, 0.15) is 0 Å². The number of carbonyl (C=O) groups excluding carboxylic acids is 2. The zero-order chi connectivity index (χ0) is 18.1. The molecule has 1 aromatic rings. The number of carbonyl (C=O) groups is 2. The molecule has 1 aromatic carbocycles. The van der Waals surface area contributed by atoms with Gasteiger partial charge in [0.25, 0.3) is 0 Å². The van der Waals surface area contributed by atoms with Crippen molar-refractivity contribution in [2.24, 2.45) is 5.73 Å². The minimum Gasteiger partial charge on any atom is -0.333 e. The standard InChI is InChI=1S/C19H29N3O2/c1-18(2)11-15(20)12-19(3,4)22(18)17(24)16(23)21(5)13-14-9-7-6-8-10-14/h6-10,15H,11-13,20H2,1-5H3. The number of piperidine rings is 1. The van der Waals surface area contributed by atoms with Gasteiger partial charge in [-0.05, 0) is 46.1 Å². The predicted molar refractivity (Wildman–Crippen MR) is 95.1 cm³/mol. The Balaban J connectivity index is 2.18. The molecule has 132 valence electrons. The first-order valence-electron chi connectivity index (χ1n) is 8.44. The lowest BCUT2D eigenvalue weighted by Crippen LogP contribution is -2.67. The number of hydrogen-bond acceptors (Lipinski definition) is 3. The molecule has 0 atom stereocenters. The van der Waals surface area contributed by atoms with Crippen molar-refractivity contribution in [2.45, 2.75) is 64.2 Å². The first-order chi connectivity index (χ1) is 11.0. The van der Waals surface area contributed by atoms with Crippen LogP contribution in [-0.4, -0.2) is 45.8 Å². The number of likely N-dealkylation sites (tertiary alicyclic amines) is 1. The minimum absolute atomic E-state index is 0.0381. The summed E-state index contributed by atoms with van der Waals surface area (Å²) in [4.78, 5) is 28.9. The molecule has 0 aliphatic carbocycles. The van der Waals surface area contributed by atoms with Crippen LogP contribution in [0, 0.1) is 0 Å². The third kappa shape index (κ3) is 3.78. The SMILES string of the molecule is CN(Cc1ccccc1)C(=O)C(=O)N1C(C)(C)CC(N)CC1(C)C. The molecule has 0 bridgehead atoms. The Morgan fingerprint density at radius 2 is 1.62 bits per heavy atom. The molecule has 0 spiro atoms. The largest absolute Gasteiger partial charge is 0.333 e. The van der Waals surface area contributed by atoms with E-state index in [-0.39, 0.29) is 6.04 Å². The van der Waals surface area contributed by atoms with E-state index in [4.69, 9.17) is 5.73 Å². The van der Waals surface area contributed by atoms with Crippen LogP contribution in [0.2, 0.25) is 0 Å². The molecular formula is C19H29N3O2. The Kier molecular flexibility index (Phi) is 5.04. The van der Waals surface area contributed by atoms with Gasteiger partial charge in [-0.25, -0.2) is 0 Å². The monoisotopic (exact) mass is 331 g/mol. The topological polar surface area (TPSA) is 66.6 Å². The van der Waals surface area contributed by atoms with Crippen LogP contribution in [0.5, 0.6) is 0 Å². The number of nitrogens with zero attached hydrogens (tertiary/aromatic N) is 2. The second kappa shape index (κ2) is 6.55. The van der Waals surface area contributed by atoms with Crippen LogP contribution in [0.3, 0.4) is 0 Å². The third-order valence-corrected chi connectivity index (χ3v) is 4.73. The van der Waals surface area contributed by atoms with E-state index in [1.54, 1.807) is 11.9 Å². The van der Waals surface area contributed by atoms with Gasteiger partial charge in [0.05, 0.1) is 0 Å². The maximum atomic E-state index is 13.0. The van der Waals surface area contributed by atoms with E-state index in [1.807, 2.05) is 58.0 Å². The van der Waals surface area contributed by atoms with E-state index in [0.29, 0.717) is 19.4 Å². The van der Waals surface area contributed by atoms with Gasteiger partial charge in [-0.3, -0.25) is 9.59 Å². The molecule has 1 aliphatic rings. The average Bonchev–Trinajstić information content (AvgIpc) is 2.44. The van der Waals surface area contributed by atoms with Crippen molar-refractivity contribution < 1.29 is 9.59 Å². The Morgan fingerprint density at radius 3 is 2.12 bits per heavy atom. The summed E-state index contributed by atoms with van der Waals surface area (Å²) in [7, 11) is 1.67. The lowest BCUT2D eigenvalue weighted by atomic mass is 9.77. The maximum Gasteiger partial charge on any atom is 0.312 e. The molecule has 1 saturated heterocycles. The van der Waals surface area contributed by atoms with Crippen molar-refractivity contribution >= 4 is 11.8 Å². The zero-order valence-corrected chi connectivity index (χ0v) is 15.4. The Bertz CT molecular complexity index is 592. The summed E-state index contributed by atoms with van der Waals surface area (Å²) >= 11 is 0. The van der Waals surface area contributed by atoms with Gasteiger partial charge in [-0.2, -0.15) is 0 Å². The van der Waals surface area contributed by atoms with Crippen molar-refractivity contribution in [1.29, 1.82) is 0 Å². The van der Waals surface area contributed by atoms with Crippen LogP contribution in [0.4, 0.5) is 0 Å². The summed E-state index contributed by atoms with van der Waals surface area (Å²) in [5, 5.41) is 0. The van der Waals surface area contributed by atoms with Gasteiger partial charge in [0.15, 0.2) is 0 Å². The summed E-state index contributed by atoms with van der Waals surface area (Å²) in [6.07, 6.45) is 1.38. The van der Waals surface area contributed by atoms with E-state index in [2.05, 4.69) is 0 Å². The van der Waals surface area contributed by atoms with Gasteiger partial charge in [-0.1, -0.05) is 30.3 Å². The maximum absolute atomic E-state index is 13.0. The van der Waals surface area contributed by atoms with Crippen LogP contribution >= 0.6 is 0 Å². The fourth-order valence-electron chi connectivity index (χ4n) is 4.10. The molecule has 0 saturated carbocycles. The first-order valence-corrected chi connectivity index (χ1v) is 8.44. The van der Waals surface area contributed by atoms with Crippen LogP contribution in [0.1, 0.15) is 46.1 Å². The molecule has 1 heterocycles. The van der Waals surface area contributed by atoms with Gasteiger partial charge in [0.2, 0.25) is 0 Å². The molecule has 5 heteroatoms. The van der Waals surface area contributed by atoms with Crippen molar-refractivity contribution in [3.63, 3.8) is 0 Å². The van der Waals surface area contributed by atoms with E-state index >= 15 is 0 Å². The highest BCUT2D eigenvalue weighted by atomic mass is 16.2. The van der Waals surface area contributed by atoms with E-state index in [0.717, 1.165) is 5.56 Å². The Morgan fingerprint density at radius 1 is 1.12 bits per heavy atom. The van der Waals surface area contributed by atoms with Crippen molar-refractivity contribution in [3.8, 4) is 0 Å². The highest BCUT2D eigenvalue weighted by Gasteiger charge is 2.48. The third-order valence-electron chi connectivity index (χ3n) is 4.73. The normalized spacial score (nSPS) is 19.8. The molecule has 2 N–H and O–H groups in total. The average molecular weight is 331 g/mol. The lowest BCUT2D eigenvalue weighted by molar-refractivity contribution is -0.163. The van der Waals surface area contributed by atoms with Crippen molar-refractivity contribution in [1.82, 2.24) is 9.80 Å². The summed E-state index contributed by atoms with van der Waals surface area (Å²) in [5.41, 5.74) is 6.27. The molecule has 0 radical (unpaired) electrons. The molecule has 0 aromatic heterocycles.